The van der Waals surface area contributed by atoms with Crippen LogP contribution in [0.1, 0.15) is 31.9 Å². The predicted molar refractivity (Wildman–Crippen MR) is 72.1 cm³/mol. The van der Waals surface area contributed by atoms with Crippen molar-refractivity contribution < 1.29 is 9.90 Å². The Morgan fingerprint density at radius 2 is 2.12 bits per heavy atom. The van der Waals surface area contributed by atoms with Crippen LogP contribution >= 0.6 is 15.9 Å². The molecule has 0 aliphatic heterocycles. The second kappa shape index (κ2) is 6.77. The van der Waals surface area contributed by atoms with Crippen molar-refractivity contribution in [3.8, 4) is 0 Å². The van der Waals surface area contributed by atoms with E-state index in [1.807, 2.05) is 36.1 Å². The molecule has 3 nitrogen and oxygen atoms in total. The summed E-state index contributed by atoms with van der Waals surface area (Å²) in [4.78, 5) is 12.8. The van der Waals surface area contributed by atoms with Gasteiger partial charge in [-0.2, -0.15) is 0 Å². The molecule has 0 amide bonds. The summed E-state index contributed by atoms with van der Waals surface area (Å²) in [6, 6.07) is 8.04. The fourth-order valence-electron chi connectivity index (χ4n) is 1.88. The first-order chi connectivity index (χ1) is 8.06. The van der Waals surface area contributed by atoms with Crippen LogP contribution in [0.25, 0.3) is 0 Å². The van der Waals surface area contributed by atoms with Crippen LogP contribution in [-0.4, -0.2) is 29.1 Å². The molecule has 1 aromatic carbocycles. The SMILES string of the molecule is CCCN(CC(=O)O)[C@@H](C)c1ccccc1Br. The molecule has 0 fully saturated rings. The lowest BCUT2D eigenvalue weighted by Gasteiger charge is -2.28. The van der Waals surface area contributed by atoms with E-state index < -0.39 is 5.97 Å². The molecule has 1 atom stereocenters. The third kappa shape index (κ3) is 4.13. The van der Waals surface area contributed by atoms with Gasteiger partial charge < -0.3 is 5.11 Å². The van der Waals surface area contributed by atoms with Crippen molar-refractivity contribution >= 4 is 21.9 Å². The maximum atomic E-state index is 10.9. The van der Waals surface area contributed by atoms with Crippen LogP contribution in [0.5, 0.6) is 0 Å². The van der Waals surface area contributed by atoms with Gasteiger partial charge in [-0.15, -0.1) is 0 Å². The summed E-state index contributed by atoms with van der Waals surface area (Å²) >= 11 is 3.51. The van der Waals surface area contributed by atoms with Gasteiger partial charge in [0.25, 0.3) is 0 Å². The van der Waals surface area contributed by atoms with Crippen LogP contribution in [0.2, 0.25) is 0 Å². The van der Waals surface area contributed by atoms with Gasteiger partial charge >= 0.3 is 5.97 Å². The zero-order valence-electron chi connectivity index (χ0n) is 10.2. The Morgan fingerprint density at radius 1 is 1.47 bits per heavy atom. The number of carboxylic acids is 1. The van der Waals surface area contributed by atoms with Gasteiger partial charge in [0.1, 0.15) is 0 Å². The molecule has 0 aliphatic rings. The fraction of sp³-hybridized carbons (Fsp3) is 0.462. The zero-order chi connectivity index (χ0) is 12.8. The fourth-order valence-corrected chi connectivity index (χ4v) is 2.50. The van der Waals surface area contributed by atoms with Crippen LogP contribution in [-0.2, 0) is 4.79 Å². The number of rotatable bonds is 6. The lowest BCUT2D eigenvalue weighted by molar-refractivity contribution is -0.138. The quantitative estimate of drug-likeness (QED) is 0.876. The lowest BCUT2D eigenvalue weighted by Crippen LogP contribution is -2.33. The van der Waals surface area contributed by atoms with Gasteiger partial charge in [-0.3, -0.25) is 9.69 Å². The summed E-state index contributed by atoms with van der Waals surface area (Å²) < 4.78 is 1.03. The molecule has 0 radical (unpaired) electrons. The molecule has 94 valence electrons. The van der Waals surface area contributed by atoms with E-state index in [0.29, 0.717) is 0 Å². The Bertz CT molecular complexity index is 381. The van der Waals surface area contributed by atoms with Gasteiger partial charge in [-0.1, -0.05) is 41.1 Å². The van der Waals surface area contributed by atoms with Gasteiger partial charge in [0.05, 0.1) is 6.54 Å². The van der Waals surface area contributed by atoms with Crippen LogP contribution in [0, 0.1) is 0 Å². The summed E-state index contributed by atoms with van der Waals surface area (Å²) in [6.45, 7) is 4.96. The molecule has 0 spiro atoms. The van der Waals surface area contributed by atoms with E-state index in [-0.39, 0.29) is 12.6 Å². The van der Waals surface area contributed by atoms with E-state index in [1.165, 1.54) is 0 Å². The summed E-state index contributed by atoms with van der Waals surface area (Å²) in [5.74, 6) is -0.780. The molecule has 0 bridgehead atoms. The molecule has 4 heteroatoms. The van der Waals surface area contributed by atoms with E-state index in [0.717, 1.165) is 23.0 Å². The van der Waals surface area contributed by atoms with Gasteiger partial charge in [-0.25, -0.2) is 0 Å². The molecule has 0 heterocycles. The Morgan fingerprint density at radius 3 is 2.65 bits per heavy atom. The number of hydrogen-bond acceptors (Lipinski definition) is 2. The molecule has 0 saturated heterocycles. The number of carboxylic acid groups (broad SMARTS) is 1. The van der Waals surface area contributed by atoms with Gasteiger partial charge in [0, 0.05) is 10.5 Å². The first-order valence-electron chi connectivity index (χ1n) is 5.76. The van der Waals surface area contributed by atoms with Crippen molar-refractivity contribution in [3.63, 3.8) is 0 Å². The average molecular weight is 300 g/mol. The zero-order valence-corrected chi connectivity index (χ0v) is 11.8. The number of nitrogens with zero attached hydrogens (tertiary/aromatic N) is 1. The molecule has 0 saturated carbocycles. The smallest absolute Gasteiger partial charge is 0.317 e. The van der Waals surface area contributed by atoms with Crippen LogP contribution < -0.4 is 0 Å². The summed E-state index contributed by atoms with van der Waals surface area (Å²) in [5.41, 5.74) is 1.13. The molecular formula is C13H18BrNO2. The van der Waals surface area contributed by atoms with Gasteiger partial charge in [-0.05, 0) is 31.5 Å². The Balaban J connectivity index is 2.87. The Kier molecular flexibility index (Phi) is 5.65. The largest absolute Gasteiger partial charge is 0.480 e. The van der Waals surface area contributed by atoms with Crippen molar-refractivity contribution in [2.75, 3.05) is 13.1 Å². The number of hydrogen-bond donors (Lipinski definition) is 1. The minimum Gasteiger partial charge on any atom is -0.480 e. The molecule has 17 heavy (non-hydrogen) atoms. The molecule has 0 aromatic heterocycles. The first kappa shape index (κ1) is 14.2. The third-order valence-electron chi connectivity index (χ3n) is 2.75. The van der Waals surface area contributed by atoms with Crippen LogP contribution in [0.3, 0.4) is 0 Å². The van der Waals surface area contributed by atoms with E-state index >= 15 is 0 Å². The molecular weight excluding hydrogens is 282 g/mol. The number of benzene rings is 1. The predicted octanol–water partition coefficient (Wildman–Crippen LogP) is 3.31. The standard InChI is InChI=1S/C13H18BrNO2/c1-3-8-15(9-13(16)17)10(2)11-6-4-5-7-12(11)14/h4-7,10H,3,8-9H2,1-2H3,(H,16,17)/t10-/m0/s1. The Labute approximate surface area is 111 Å². The lowest BCUT2D eigenvalue weighted by atomic mass is 10.1. The third-order valence-corrected chi connectivity index (χ3v) is 3.47. The molecule has 1 N–H and O–H groups in total. The minimum absolute atomic E-state index is 0.0797. The van der Waals surface area contributed by atoms with E-state index in [4.69, 9.17) is 5.11 Å². The highest BCUT2D eigenvalue weighted by Crippen LogP contribution is 2.27. The van der Waals surface area contributed by atoms with Crippen molar-refractivity contribution in [3.05, 3.63) is 34.3 Å². The molecule has 0 aliphatic carbocycles. The highest BCUT2D eigenvalue weighted by molar-refractivity contribution is 9.10. The summed E-state index contributed by atoms with van der Waals surface area (Å²) in [7, 11) is 0. The second-order valence-corrected chi connectivity index (χ2v) is 4.92. The van der Waals surface area contributed by atoms with Crippen molar-refractivity contribution in [2.45, 2.75) is 26.3 Å². The van der Waals surface area contributed by atoms with E-state index in [2.05, 4.69) is 22.9 Å². The van der Waals surface area contributed by atoms with E-state index in [1.54, 1.807) is 0 Å². The van der Waals surface area contributed by atoms with E-state index in [9.17, 15) is 4.79 Å². The van der Waals surface area contributed by atoms with Crippen molar-refractivity contribution in [1.29, 1.82) is 0 Å². The molecule has 0 unspecified atom stereocenters. The second-order valence-electron chi connectivity index (χ2n) is 4.06. The average Bonchev–Trinajstić information content (AvgIpc) is 2.28. The van der Waals surface area contributed by atoms with Crippen LogP contribution in [0.15, 0.2) is 28.7 Å². The first-order valence-corrected chi connectivity index (χ1v) is 6.55. The molecule has 1 rings (SSSR count). The summed E-state index contributed by atoms with van der Waals surface area (Å²) in [5, 5.41) is 8.92. The Hall–Kier alpha value is -0.870. The van der Waals surface area contributed by atoms with Crippen molar-refractivity contribution in [2.24, 2.45) is 0 Å². The van der Waals surface area contributed by atoms with Crippen molar-refractivity contribution in [1.82, 2.24) is 4.90 Å². The maximum absolute atomic E-state index is 10.9. The van der Waals surface area contributed by atoms with Crippen LogP contribution in [0.4, 0.5) is 0 Å². The molecule has 1 aromatic rings. The maximum Gasteiger partial charge on any atom is 0.317 e. The number of aliphatic carboxylic acids is 1. The highest BCUT2D eigenvalue weighted by Gasteiger charge is 2.19. The topological polar surface area (TPSA) is 40.5 Å². The minimum atomic E-state index is -0.780. The van der Waals surface area contributed by atoms with Gasteiger partial charge in [0.2, 0.25) is 0 Å². The monoisotopic (exact) mass is 299 g/mol. The van der Waals surface area contributed by atoms with Gasteiger partial charge in [0.15, 0.2) is 0 Å². The highest BCUT2D eigenvalue weighted by atomic mass is 79.9. The number of carbonyl (C=O) groups is 1. The summed E-state index contributed by atoms with van der Waals surface area (Å²) in [6.07, 6.45) is 0.947. The normalized spacial score (nSPS) is 12.7. The number of halogens is 1.